The standard InChI is InChI=1S/C26H23FN4O3S/c1-34-25-10-18(6-7-19(25)16-35(2,32)33)20-9-23-24(13-29-26(23)28-11-20)21-12-30-31(15-21)14-17-4-3-5-22(27)8-17/h3-13,15H,14,16H2,1-2H3,(H,28,29). The lowest BCUT2D eigenvalue weighted by atomic mass is 10.0. The highest BCUT2D eigenvalue weighted by molar-refractivity contribution is 7.89. The fraction of sp³-hybridized carbons (Fsp3) is 0.154. The second kappa shape index (κ2) is 8.99. The SMILES string of the molecule is COc1cc(-c2cnc3[nH]cc(-c4cnn(Cc5cccc(F)c5)c4)c3c2)ccc1CS(C)(=O)=O. The van der Waals surface area contributed by atoms with Gasteiger partial charge in [-0.05, 0) is 35.4 Å². The van der Waals surface area contributed by atoms with Gasteiger partial charge in [0.05, 0.1) is 25.6 Å². The van der Waals surface area contributed by atoms with Crippen molar-refractivity contribution in [2.75, 3.05) is 13.4 Å². The van der Waals surface area contributed by atoms with E-state index in [9.17, 15) is 12.8 Å². The molecule has 0 aliphatic rings. The number of H-pyrrole nitrogens is 1. The summed E-state index contributed by atoms with van der Waals surface area (Å²) in [6, 6.07) is 14.0. The van der Waals surface area contributed by atoms with E-state index in [2.05, 4.69) is 15.1 Å². The van der Waals surface area contributed by atoms with Gasteiger partial charge in [0, 0.05) is 52.5 Å². The van der Waals surface area contributed by atoms with Crippen LogP contribution in [0.25, 0.3) is 33.3 Å². The normalized spacial score (nSPS) is 11.7. The maximum atomic E-state index is 13.5. The minimum atomic E-state index is -3.19. The third-order valence-electron chi connectivity index (χ3n) is 5.75. The summed E-state index contributed by atoms with van der Waals surface area (Å²) >= 11 is 0. The molecule has 3 aromatic heterocycles. The minimum absolute atomic E-state index is 0.0880. The molecule has 35 heavy (non-hydrogen) atoms. The number of ether oxygens (including phenoxy) is 1. The van der Waals surface area contributed by atoms with E-state index in [1.54, 1.807) is 29.2 Å². The Morgan fingerprint density at radius 1 is 1.06 bits per heavy atom. The number of fused-ring (bicyclic) bond motifs is 1. The van der Waals surface area contributed by atoms with Crippen LogP contribution in [0.4, 0.5) is 4.39 Å². The van der Waals surface area contributed by atoms with E-state index in [4.69, 9.17) is 4.74 Å². The molecule has 178 valence electrons. The van der Waals surface area contributed by atoms with Crippen molar-refractivity contribution in [2.45, 2.75) is 12.3 Å². The quantitative estimate of drug-likeness (QED) is 0.353. The van der Waals surface area contributed by atoms with E-state index in [0.29, 0.717) is 17.9 Å². The molecule has 0 fully saturated rings. The number of halogens is 1. The summed E-state index contributed by atoms with van der Waals surface area (Å²) < 4.78 is 44.2. The molecule has 0 aliphatic heterocycles. The molecule has 0 radical (unpaired) electrons. The predicted octanol–water partition coefficient (Wildman–Crippen LogP) is 4.83. The third kappa shape index (κ3) is 4.95. The number of aromatic nitrogens is 4. The Labute approximate surface area is 202 Å². The van der Waals surface area contributed by atoms with Gasteiger partial charge in [0.25, 0.3) is 0 Å². The summed E-state index contributed by atoms with van der Waals surface area (Å²) in [4.78, 5) is 7.76. The van der Waals surface area contributed by atoms with Crippen molar-refractivity contribution in [3.8, 4) is 28.0 Å². The highest BCUT2D eigenvalue weighted by Crippen LogP contribution is 2.33. The van der Waals surface area contributed by atoms with Crippen LogP contribution in [0, 0.1) is 5.82 Å². The maximum absolute atomic E-state index is 13.5. The molecule has 1 N–H and O–H groups in total. The van der Waals surface area contributed by atoms with Crippen molar-refractivity contribution in [3.63, 3.8) is 0 Å². The Morgan fingerprint density at radius 3 is 2.69 bits per heavy atom. The number of aromatic amines is 1. The number of pyridine rings is 1. The van der Waals surface area contributed by atoms with Crippen LogP contribution in [-0.2, 0) is 22.1 Å². The van der Waals surface area contributed by atoms with Gasteiger partial charge in [0.15, 0.2) is 9.84 Å². The van der Waals surface area contributed by atoms with Gasteiger partial charge < -0.3 is 9.72 Å². The summed E-state index contributed by atoms with van der Waals surface area (Å²) in [6.45, 7) is 0.462. The number of nitrogens with one attached hydrogen (secondary N) is 1. The first kappa shape index (κ1) is 22.8. The zero-order valence-corrected chi connectivity index (χ0v) is 20.0. The van der Waals surface area contributed by atoms with Gasteiger partial charge >= 0.3 is 0 Å². The van der Waals surface area contributed by atoms with E-state index in [1.165, 1.54) is 25.5 Å². The van der Waals surface area contributed by atoms with Gasteiger partial charge in [-0.15, -0.1) is 0 Å². The second-order valence-corrected chi connectivity index (χ2v) is 10.6. The van der Waals surface area contributed by atoms with Gasteiger partial charge in [0.2, 0.25) is 0 Å². The van der Waals surface area contributed by atoms with Gasteiger partial charge in [-0.3, -0.25) is 4.68 Å². The second-order valence-electron chi connectivity index (χ2n) is 8.48. The summed E-state index contributed by atoms with van der Waals surface area (Å²) in [6.07, 6.45) is 8.55. The lowest BCUT2D eigenvalue weighted by molar-refractivity contribution is 0.411. The minimum Gasteiger partial charge on any atom is -0.496 e. The number of hydrogen-bond acceptors (Lipinski definition) is 5. The fourth-order valence-corrected chi connectivity index (χ4v) is 4.94. The largest absolute Gasteiger partial charge is 0.496 e. The first-order valence-corrected chi connectivity index (χ1v) is 12.9. The molecule has 7 nitrogen and oxygen atoms in total. The van der Waals surface area contributed by atoms with Crippen molar-refractivity contribution in [1.82, 2.24) is 19.7 Å². The number of hydrogen-bond donors (Lipinski definition) is 1. The fourth-order valence-electron chi connectivity index (χ4n) is 4.14. The first-order valence-electron chi connectivity index (χ1n) is 10.9. The summed E-state index contributed by atoms with van der Waals surface area (Å²) in [5.41, 5.74) is 5.77. The average molecular weight is 491 g/mol. The van der Waals surface area contributed by atoms with Crippen molar-refractivity contribution < 1.29 is 17.5 Å². The molecular weight excluding hydrogens is 467 g/mol. The molecular formula is C26H23FN4O3S. The molecule has 0 bridgehead atoms. The summed E-state index contributed by atoms with van der Waals surface area (Å²) in [7, 11) is -1.66. The van der Waals surface area contributed by atoms with E-state index >= 15 is 0 Å². The smallest absolute Gasteiger partial charge is 0.151 e. The molecule has 0 saturated carbocycles. The Morgan fingerprint density at radius 2 is 1.91 bits per heavy atom. The number of rotatable bonds is 7. The van der Waals surface area contributed by atoms with Crippen molar-refractivity contribution in [3.05, 3.63) is 90.3 Å². The van der Waals surface area contributed by atoms with Crippen LogP contribution in [0.15, 0.2) is 73.3 Å². The molecule has 0 atom stereocenters. The van der Waals surface area contributed by atoms with Gasteiger partial charge in [-0.2, -0.15) is 5.10 Å². The van der Waals surface area contributed by atoms with Gasteiger partial charge in [-0.1, -0.05) is 24.3 Å². The molecule has 5 rings (SSSR count). The van der Waals surface area contributed by atoms with Crippen molar-refractivity contribution in [2.24, 2.45) is 0 Å². The molecule has 0 unspecified atom stereocenters. The molecule has 0 saturated heterocycles. The summed E-state index contributed by atoms with van der Waals surface area (Å²) in [5.74, 6) is 0.155. The molecule has 2 aromatic carbocycles. The molecule has 0 aliphatic carbocycles. The number of nitrogens with zero attached hydrogens (tertiary/aromatic N) is 3. The van der Waals surface area contributed by atoms with Crippen LogP contribution in [0.3, 0.4) is 0 Å². The topological polar surface area (TPSA) is 89.9 Å². The first-order chi connectivity index (χ1) is 16.8. The van der Waals surface area contributed by atoms with Crippen LogP contribution >= 0.6 is 0 Å². The Kier molecular flexibility index (Phi) is 5.86. The zero-order valence-electron chi connectivity index (χ0n) is 19.2. The van der Waals surface area contributed by atoms with Crippen LogP contribution in [0.2, 0.25) is 0 Å². The van der Waals surface area contributed by atoms with E-state index in [0.717, 1.165) is 38.9 Å². The monoisotopic (exact) mass is 490 g/mol. The predicted molar refractivity (Wildman–Crippen MR) is 133 cm³/mol. The van der Waals surface area contributed by atoms with E-state index in [-0.39, 0.29) is 11.6 Å². The molecule has 0 amide bonds. The Bertz CT molecular complexity index is 1640. The van der Waals surface area contributed by atoms with E-state index in [1.807, 2.05) is 36.7 Å². The Hall–Kier alpha value is -3.98. The molecule has 0 spiro atoms. The van der Waals surface area contributed by atoms with Crippen LogP contribution < -0.4 is 4.74 Å². The maximum Gasteiger partial charge on any atom is 0.151 e. The zero-order chi connectivity index (χ0) is 24.6. The number of sulfone groups is 1. The van der Waals surface area contributed by atoms with E-state index < -0.39 is 9.84 Å². The summed E-state index contributed by atoms with van der Waals surface area (Å²) in [5, 5.41) is 5.36. The highest BCUT2D eigenvalue weighted by atomic mass is 32.2. The molecule has 5 aromatic rings. The van der Waals surface area contributed by atoms with Crippen molar-refractivity contribution in [1.29, 1.82) is 0 Å². The third-order valence-corrected chi connectivity index (χ3v) is 6.58. The number of methoxy groups -OCH3 is 1. The highest BCUT2D eigenvalue weighted by Gasteiger charge is 2.14. The van der Waals surface area contributed by atoms with Crippen molar-refractivity contribution >= 4 is 20.9 Å². The van der Waals surface area contributed by atoms with Crippen LogP contribution in [-0.4, -0.2) is 41.5 Å². The molecule has 3 heterocycles. The number of benzene rings is 2. The van der Waals surface area contributed by atoms with Crippen LogP contribution in [0.1, 0.15) is 11.1 Å². The van der Waals surface area contributed by atoms with Gasteiger partial charge in [0.1, 0.15) is 17.2 Å². The van der Waals surface area contributed by atoms with Crippen LogP contribution in [0.5, 0.6) is 5.75 Å². The average Bonchev–Trinajstić information content (AvgIpc) is 3.44. The Balaban J connectivity index is 1.47. The molecule has 9 heteroatoms. The lowest BCUT2D eigenvalue weighted by Crippen LogP contribution is -2.02. The van der Waals surface area contributed by atoms with Gasteiger partial charge in [-0.25, -0.2) is 17.8 Å². The lowest BCUT2D eigenvalue weighted by Gasteiger charge is -2.10.